The molecule has 1 unspecified atom stereocenters. The van der Waals surface area contributed by atoms with Crippen molar-refractivity contribution in [2.45, 2.75) is 26.2 Å². The van der Waals surface area contributed by atoms with Crippen molar-refractivity contribution in [3.05, 3.63) is 40.4 Å². The molecule has 2 heterocycles. The van der Waals surface area contributed by atoms with E-state index in [-0.39, 0.29) is 23.4 Å². The van der Waals surface area contributed by atoms with Crippen molar-refractivity contribution in [2.75, 3.05) is 36.4 Å². The van der Waals surface area contributed by atoms with Crippen LogP contribution in [0, 0.1) is 17.6 Å². The molecule has 1 aromatic carbocycles. The highest BCUT2D eigenvalue weighted by Crippen LogP contribution is 2.35. The van der Waals surface area contributed by atoms with Crippen LogP contribution in [0.15, 0.2) is 18.2 Å². The van der Waals surface area contributed by atoms with Gasteiger partial charge in [0.25, 0.3) is 0 Å². The van der Waals surface area contributed by atoms with Gasteiger partial charge in [-0.3, -0.25) is 9.59 Å². The van der Waals surface area contributed by atoms with Gasteiger partial charge in [-0.15, -0.1) is 11.3 Å². The molecule has 1 aromatic heterocycles. The summed E-state index contributed by atoms with van der Waals surface area (Å²) in [5, 5.41) is 3.45. The van der Waals surface area contributed by atoms with Crippen LogP contribution in [0.3, 0.4) is 0 Å². The maximum absolute atomic E-state index is 13.8. The molecule has 9 heteroatoms. The summed E-state index contributed by atoms with van der Waals surface area (Å²) in [5.74, 6) is -1.75. The van der Waals surface area contributed by atoms with Crippen molar-refractivity contribution >= 4 is 34.0 Å². The molecule has 4 rings (SSSR count). The Kier molecular flexibility index (Phi) is 5.49. The molecule has 0 spiro atoms. The fourth-order valence-corrected chi connectivity index (χ4v) is 5.00. The summed E-state index contributed by atoms with van der Waals surface area (Å²) in [7, 11) is 0. The Morgan fingerprint density at radius 1 is 1.21 bits per heavy atom. The third kappa shape index (κ3) is 4.24. The quantitative estimate of drug-likeness (QED) is 0.829. The second-order valence-corrected chi connectivity index (χ2v) is 8.47. The zero-order valence-corrected chi connectivity index (χ0v) is 16.9. The first-order valence-electron chi connectivity index (χ1n) is 9.65. The molecule has 2 aromatic rings. The van der Waals surface area contributed by atoms with Gasteiger partial charge in [-0.2, -0.15) is 0 Å². The second kappa shape index (κ2) is 8.06. The molecule has 2 aliphatic rings. The molecule has 1 fully saturated rings. The van der Waals surface area contributed by atoms with Crippen molar-refractivity contribution < 1.29 is 18.4 Å². The number of carbonyl (C=O) groups excluding carboxylic acids is 2. The van der Waals surface area contributed by atoms with E-state index in [1.165, 1.54) is 0 Å². The number of carbonyl (C=O) groups is 2. The molecule has 0 saturated carbocycles. The lowest BCUT2D eigenvalue weighted by molar-refractivity contribution is -0.129. The van der Waals surface area contributed by atoms with Gasteiger partial charge in [0.2, 0.25) is 11.8 Å². The number of hydrogen-bond acceptors (Lipinski definition) is 5. The lowest BCUT2D eigenvalue weighted by atomic mass is 9.90. The number of halogens is 2. The molecule has 0 bridgehead atoms. The van der Waals surface area contributed by atoms with Crippen LogP contribution in [-0.2, 0) is 22.4 Å². The number of anilines is 2. The largest absolute Gasteiger partial charge is 0.345 e. The van der Waals surface area contributed by atoms with Crippen molar-refractivity contribution in [2.24, 2.45) is 5.92 Å². The van der Waals surface area contributed by atoms with Gasteiger partial charge in [-0.25, -0.2) is 13.8 Å². The van der Waals surface area contributed by atoms with Crippen molar-refractivity contribution in [3.8, 4) is 0 Å². The van der Waals surface area contributed by atoms with Crippen LogP contribution < -0.4 is 10.2 Å². The van der Waals surface area contributed by atoms with Gasteiger partial charge in [0.05, 0.1) is 11.4 Å². The lowest BCUT2D eigenvalue weighted by Gasteiger charge is -2.33. The van der Waals surface area contributed by atoms with E-state index in [2.05, 4.69) is 10.2 Å². The van der Waals surface area contributed by atoms with E-state index in [1.54, 1.807) is 18.3 Å². The van der Waals surface area contributed by atoms with E-state index in [4.69, 9.17) is 4.98 Å². The number of amides is 2. The van der Waals surface area contributed by atoms with Crippen molar-refractivity contribution in [1.29, 1.82) is 0 Å². The average Bonchev–Trinajstić information content (AvgIpc) is 3.14. The van der Waals surface area contributed by atoms with Gasteiger partial charge in [-0.1, -0.05) is 0 Å². The number of benzene rings is 1. The highest BCUT2D eigenvalue weighted by molar-refractivity contribution is 7.15. The predicted molar refractivity (Wildman–Crippen MR) is 107 cm³/mol. The number of nitrogens with one attached hydrogen (secondary N) is 1. The fraction of sp³-hybridized carbons (Fsp3) is 0.450. The van der Waals surface area contributed by atoms with E-state index in [9.17, 15) is 18.4 Å². The Balaban J connectivity index is 1.41. The SMILES string of the molecule is CC(=O)N1CCN(c2nc3c(s2)CC(C(=O)Nc2cc(F)ccc2F)CC3)CC1. The average molecular weight is 420 g/mol. The van der Waals surface area contributed by atoms with Gasteiger partial charge in [-0.05, 0) is 31.4 Å². The van der Waals surface area contributed by atoms with Gasteiger partial charge in [0.1, 0.15) is 11.6 Å². The van der Waals surface area contributed by atoms with Crippen LogP contribution in [0.4, 0.5) is 19.6 Å². The zero-order valence-electron chi connectivity index (χ0n) is 16.1. The molecule has 1 N–H and O–H groups in total. The van der Waals surface area contributed by atoms with Gasteiger partial charge >= 0.3 is 0 Å². The molecule has 1 atom stereocenters. The maximum Gasteiger partial charge on any atom is 0.227 e. The molecular weight excluding hydrogens is 398 g/mol. The van der Waals surface area contributed by atoms with E-state index in [0.29, 0.717) is 32.4 Å². The summed E-state index contributed by atoms with van der Waals surface area (Å²) < 4.78 is 27.1. The Morgan fingerprint density at radius 3 is 2.69 bits per heavy atom. The van der Waals surface area contributed by atoms with Crippen LogP contribution in [0.1, 0.15) is 23.9 Å². The second-order valence-electron chi connectivity index (χ2n) is 7.41. The fourth-order valence-electron chi connectivity index (χ4n) is 3.76. The summed E-state index contributed by atoms with van der Waals surface area (Å²) in [6, 6.07) is 3.02. The molecule has 2 amide bonds. The van der Waals surface area contributed by atoms with Gasteiger partial charge < -0.3 is 15.1 Å². The summed E-state index contributed by atoms with van der Waals surface area (Å²) in [5.41, 5.74) is 0.883. The number of fused-ring (bicyclic) bond motifs is 1. The molecule has 29 heavy (non-hydrogen) atoms. The highest BCUT2D eigenvalue weighted by atomic mass is 32.1. The molecular formula is C20H22F2N4O2S. The number of aryl methyl sites for hydroxylation is 1. The number of nitrogens with zero attached hydrogens (tertiary/aromatic N) is 3. The number of thiazole rings is 1. The number of aromatic nitrogens is 1. The molecule has 0 radical (unpaired) electrons. The lowest BCUT2D eigenvalue weighted by Crippen LogP contribution is -2.48. The molecule has 6 nitrogen and oxygen atoms in total. The van der Waals surface area contributed by atoms with Gasteiger partial charge in [0, 0.05) is 50.0 Å². The minimum atomic E-state index is -0.652. The highest BCUT2D eigenvalue weighted by Gasteiger charge is 2.30. The maximum atomic E-state index is 13.8. The van der Waals surface area contributed by atoms with Crippen LogP contribution in [-0.4, -0.2) is 47.9 Å². The van der Waals surface area contributed by atoms with E-state index in [1.807, 2.05) is 4.90 Å². The Labute approximate surface area is 171 Å². The minimum Gasteiger partial charge on any atom is -0.345 e. The van der Waals surface area contributed by atoms with E-state index >= 15 is 0 Å². The van der Waals surface area contributed by atoms with E-state index < -0.39 is 11.6 Å². The Hall–Kier alpha value is -2.55. The third-order valence-corrected chi connectivity index (χ3v) is 6.66. The first kappa shape index (κ1) is 19.8. The van der Waals surface area contributed by atoms with Crippen LogP contribution in [0.5, 0.6) is 0 Å². The van der Waals surface area contributed by atoms with Gasteiger partial charge in [0.15, 0.2) is 5.13 Å². The summed E-state index contributed by atoms with van der Waals surface area (Å²) in [6.07, 6.45) is 1.85. The third-order valence-electron chi connectivity index (χ3n) is 5.48. The molecule has 154 valence electrons. The van der Waals surface area contributed by atoms with Crippen molar-refractivity contribution in [1.82, 2.24) is 9.88 Å². The first-order chi connectivity index (χ1) is 13.9. The minimum absolute atomic E-state index is 0.0895. The topological polar surface area (TPSA) is 65.5 Å². The van der Waals surface area contributed by atoms with Crippen molar-refractivity contribution in [3.63, 3.8) is 0 Å². The van der Waals surface area contributed by atoms with E-state index in [0.717, 1.165) is 47.0 Å². The molecule has 1 saturated heterocycles. The monoisotopic (exact) mass is 420 g/mol. The standard InChI is InChI=1S/C20H22F2N4O2S/c1-12(27)25-6-8-26(9-7-25)20-24-16-5-2-13(10-18(16)29-20)19(28)23-17-11-14(21)3-4-15(17)22/h3-4,11,13H,2,5-10H2,1H3,(H,23,28). The zero-order chi connectivity index (χ0) is 20.5. The molecule has 1 aliphatic heterocycles. The Morgan fingerprint density at radius 2 is 1.97 bits per heavy atom. The summed E-state index contributed by atoms with van der Waals surface area (Å²) in [6.45, 7) is 4.44. The number of rotatable bonds is 3. The number of piperazine rings is 1. The summed E-state index contributed by atoms with van der Waals surface area (Å²) >= 11 is 1.58. The van der Waals surface area contributed by atoms with Crippen LogP contribution >= 0.6 is 11.3 Å². The Bertz CT molecular complexity index is 941. The predicted octanol–water partition coefficient (Wildman–Crippen LogP) is 2.83. The molecule has 1 aliphatic carbocycles. The smallest absolute Gasteiger partial charge is 0.227 e. The first-order valence-corrected chi connectivity index (χ1v) is 10.5. The normalized spacial score (nSPS) is 19.1. The van der Waals surface area contributed by atoms with Crippen LogP contribution in [0.25, 0.3) is 0 Å². The summed E-state index contributed by atoms with van der Waals surface area (Å²) in [4.78, 5) is 33.9. The number of hydrogen-bond donors (Lipinski definition) is 1. The van der Waals surface area contributed by atoms with Crippen LogP contribution in [0.2, 0.25) is 0 Å².